The summed E-state index contributed by atoms with van der Waals surface area (Å²) < 4.78 is 5.70. The fourth-order valence-electron chi connectivity index (χ4n) is 4.00. The molecule has 0 aromatic heterocycles. The molecular weight excluding hydrogens is 422 g/mol. The average Bonchev–Trinajstić information content (AvgIpc) is 2.87. The van der Waals surface area contributed by atoms with Crippen LogP contribution in [0.3, 0.4) is 0 Å². The van der Waals surface area contributed by atoms with Gasteiger partial charge in [-0.05, 0) is 85.0 Å². The molecule has 1 atom stereocenters. The van der Waals surface area contributed by atoms with Crippen molar-refractivity contribution in [2.75, 3.05) is 6.61 Å². The Morgan fingerprint density at radius 1 is 0.912 bits per heavy atom. The number of nitrogens with zero attached hydrogens (tertiary/aromatic N) is 1. The van der Waals surface area contributed by atoms with Crippen molar-refractivity contribution < 1.29 is 14.6 Å². The van der Waals surface area contributed by atoms with Gasteiger partial charge in [0, 0.05) is 0 Å². The molecule has 0 heterocycles. The number of carbonyl (C=O) groups is 1. The molecule has 4 nitrogen and oxygen atoms in total. The van der Waals surface area contributed by atoms with Crippen LogP contribution in [-0.2, 0) is 17.6 Å². The van der Waals surface area contributed by atoms with Gasteiger partial charge in [-0.1, -0.05) is 61.9 Å². The number of unbranched alkanes of at least 4 members (excludes halogenated alkanes) is 1. The van der Waals surface area contributed by atoms with E-state index in [1.807, 2.05) is 42.5 Å². The predicted molar refractivity (Wildman–Crippen MR) is 136 cm³/mol. The first kappa shape index (κ1) is 25.1. The molecule has 3 aromatic rings. The van der Waals surface area contributed by atoms with Crippen molar-refractivity contribution in [3.05, 3.63) is 89.5 Å². The molecule has 0 bridgehead atoms. The maximum Gasteiger partial charge on any atom is 0.306 e. The van der Waals surface area contributed by atoms with Crippen LogP contribution in [0.15, 0.2) is 72.8 Å². The van der Waals surface area contributed by atoms with Crippen LogP contribution in [-0.4, -0.2) is 17.7 Å². The van der Waals surface area contributed by atoms with E-state index in [9.17, 15) is 9.90 Å². The number of aryl methyl sites for hydroxylation is 2. The molecule has 0 saturated carbocycles. The van der Waals surface area contributed by atoms with Crippen LogP contribution in [0.1, 0.15) is 55.7 Å². The van der Waals surface area contributed by atoms with Crippen LogP contribution >= 0.6 is 0 Å². The van der Waals surface area contributed by atoms with E-state index in [-0.39, 0.29) is 5.92 Å². The summed E-state index contributed by atoms with van der Waals surface area (Å²) in [5, 5.41) is 18.8. The minimum Gasteiger partial charge on any atom is -0.494 e. The van der Waals surface area contributed by atoms with Crippen LogP contribution < -0.4 is 4.74 Å². The molecule has 0 radical (unpaired) electrons. The zero-order valence-corrected chi connectivity index (χ0v) is 19.9. The van der Waals surface area contributed by atoms with Gasteiger partial charge in [-0.2, -0.15) is 5.26 Å². The molecule has 1 unspecified atom stereocenters. The Labute approximate surface area is 202 Å². The summed E-state index contributed by atoms with van der Waals surface area (Å²) in [4.78, 5) is 11.8. The molecule has 0 saturated heterocycles. The molecule has 0 fully saturated rings. The van der Waals surface area contributed by atoms with Gasteiger partial charge in [-0.15, -0.1) is 0 Å². The number of ether oxygens (including phenoxy) is 1. The lowest BCUT2D eigenvalue weighted by Gasteiger charge is -2.13. The van der Waals surface area contributed by atoms with Crippen LogP contribution in [0.2, 0.25) is 0 Å². The summed E-state index contributed by atoms with van der Waals surface area (Å²) in [5.41, 5.74) is 5.04. The van der Waals surface area contributed by atoms with Crippen molar-refractivity contribution in [1.82, 2.24) is 0 Å². The predicted octanol–water partition coefficient (Wildman–Crippen LogP) is 7.06. The highest BCUT2D eigenvalue weighted by molar-refractivity contribution is 5.70. The Hall–Kier alpha value is -3.58. The first-order chi connectivity index (χ1) is 16.6. The molecular formula is C30H33NO3. The van der Waals surface area contributed by atoms with Gasteiger partial charge in [-0.3, -0.25) is 4.79 Å². The van der Waals surface area contributed by atoms with Crippen molar-refractivity contribution in [3.8, 4) is 22.9 Å². The van der Waals surface area contributed by atoms with E-state index in [0.29, 0.717) is 18.4 Å². The molecule has 176 valence electrons. The average molecular weight is 456 g/mol. The normalized spacial score (nSPS) is 11.5. The van der Waals surface area contributed by atoms with E-state index >= 15 is 0 Å². The molecule has 3 rings (SSSR count). The summed E-state index contributed by atoms with van der Waals surface area (Å²) in [5.74, 6) is -0.169. The van der Waals surface area contributed by atoms with Gasteiger partial charge in [0.2, 0.25) is 0 Å². The van der Waals surface area contributed by atoms with Crippen LogP contribution in [0.25, 0.3) is 11.1 Å². The highest BCUT2D eigenvalue weighted by Gasteiger charge is 2.17. The molecule has 1 N–H and O–H groups in total. The van der Waals surface area contributed by atoms with Crippen molar-refractivity contribution >= 4 is 5.97 Å². The molecule has 3 aromatic carbocycles. The van der Waals surface area contributed by atoms with Gasteiger partial charge in [0.05, 0.1) is 24.2 Å². The van der Waals surface area contributed by atoms with Crippen molar-refractivity contribution in [2.24, 2.45) is 5.92 Å². The number of rotatable bonds is 13. The lowest BCUT2D eigenvalue weighted by atomic mass is 9.93. The fourth-order valence-corrected chi connectivity index (χ4v) is 4.00. The minimum atomic E-state index is -0.718. The van der Waals surface area contributed by atoms with Gasteiger partial charge >= 0.3 is 5.97 Å². The van der Waals surface area contributed by atoms with E-state index < -0.39 is 5.97 Å². The molecule has 0 aliphatic heterocycles. The smallest absolute Gasteiger partial charge is 0.306 e. The molecule has 0 aliphatic rings. The standard InChI is InChI=1S/C30H33NO3/c1-2-3-20-34-29-18-13-23(14-19-29)6-4-8-27(30(32)33)17-12-24-10-15-26(16-11-24)28-9-5-7-25(21-28)22-31/h5,7,9-11,13-16,18-19,21,27H,2-4,6,8,12,17,20H2,1H3,(H,32,33). The first-order valence-corrected chi connectivity index (χ1v) is 12.1. The summed E-state index contributed by atoms with van der Waals surface area (Å²) in [6.45, 7) is 2.89. The number of hydrogen-bond donors (Lipinski definition) is 1. The molecule has 0 spiro atoms. The highest BCUT2D eigenvalue weighted by atomic mass is 16.5. The number of carboxylic acid groups (broad SMARTS) is 1. The lowest BCUT2D eigenvalue weighted by molar-refractivity contribution is -0.142. The van der Waals surface area contributed by atoms with E-state index in [1.165, 1.54) is 5.56 Å². The maximum absolute atomic E-state index is 11.8. The van der Waals surface area contributed by atoms with E-state index in [0.717, 1.165) is 61.2 Å². The fraction of sp³-hybridized carbons (Fsp3) is 0.333. The highest BCUT2D eigenvalue weighted by Crippen LogP contribution is 2.23. The number of nitriles is 1. The third-order valence-corrected chi connectivity index (χ3v) is 6.12. The first-order valence-electron chi connectivity index (χ1n) is 12.1. The Morgan fingerprint density at radius 2 is 1.62 bits per heavy atom. The zero-order valence-electron chi connectivity index (χ0n) is 19.9. The number of carboxylic acids is 1. The second-order valence-corrected chi connectivity index (χ2v) is 8.70. The molecule has 4 heteroatoms. The maximum atomic E-state index is 11.8. The third kappa shape index (κ3) is 7.78. The summed E-state index contributed by atoms with van der Waals surface area (Å²) in [6, 6.07) is 26.0. The number of hydrogen-bond acceptors (Lipinski definition) is 3. The van der Waals surface area contributed by atoms with Crippen molar-refractivity contribution in [2.45, 2.75) is 51.9 Å². The van der Waals surface area contributed by atoms with Crippen LogP contribution in [0.5, 0.6) is 5.75 Å². The topological polar surface area (TPSA) is 70.3 Å². The lowest BCUT2D eigenvalue weighted by Crippen LogP contribution is -2.15. The molecule has 0 amide bonds. The van der Waals surface area contributed by atoms with Crippen LogP contribution in [0.4, 0.5) is 0 Å². The second-order valence-electron chi connectivity index (χ2n) is 8.70. The van der Waals surface area contributed by atoms with Gasteiger partial charge < -0.3 is 9.84 Å². The van der Waals surface area contributed by atoms with E-state index in [1.54, 1.807) is 6.07 Å². The van der Waals surface area contributed by atoms with Gasteiger partial charge in [0.25, 0.3) is 0 Å². The Morgan fingerprint density at radius 3 is 2.29 bits per heavy atom. The number of benzene rings is 3. The van der Waals surface area contributed by atoms with Gasteiger partial charge in [-0.25, -0.2) is 0 Å². The SMILES string of the molecule is CCCCOc1ccc(CCCC(CCc2ccc(-c3cccc(C#N)c3)cc2)C(=O)O)cc1. The third-order valence-electron chi connectivity index (χ3n) is 6.12. The summed E-state index contributed by atoms with van der Waals surface area (Å²) in [6.07, 6.45) is 5.92. The Bertz CT molecular complexity index is 1080. The summed E-state index contributed by atoms with van der Waals surface area (Å²) >= 11 is 0. The quantitative estimate of drug-likeness (QED) is 0.280. The van der Waals surface area contributed by atoms with Crippen LogP contribution in [0, 0.1) is 17.2 Å². The van der Waals surface area contributed by atoms with Gasteiger partial charge in [0.15, 0.2) is 0 Å². The molecule has 34 heavy (non-hydrogen) atoms. The van der Waals surface area contributed by atoms with E-state index in [4.69, 9.17) is 10.00 Å². The van der Waals surface area contributed by atoms with Gasteiger partial charge in [0.1, 0.15) is 5.75 Å². The van der Waals surface area contributed by atoms with E-state index in [2.05, 4.69) is 37.3 Å². The Kier molecular flexibility index (Phi) is 9.73. The van der Waals surface area contributed by atoms with Crippen molar-refractivity contribution in [1.29, 1.82) is 5.26 Å². The molecule has 0 aliphatic carbocycles. The number of aliphatic carboxylic acids is 1. The largest absolute Gasteiger partial charge is 0.494 e. The zero-order chi connectivity index (χ0) is 24.2. The second kappa shape index (κ2) is 13.2. The Balaban J connectivity index is 1.47. The van der Waals surface area contributed by atoms with Crippen molar-refractivity contribution in [3.63, 3.8) is 0 Å². The minimum absolute atomic E-state index is 0.344. The monoisotopic (exact) mass is 455 g/mol. The summed E-state index contributed by atoms with van der Waals surface area (Å²) in [7, 11) is 0.